The summed E-state index contributed by atoms with van der Waals surface area (Å²) in [6.07, 6.45) is 11.3. The Morgan fingerprint density at radius 2 is 1.86 bits per heavy atom. The van der Waals surface area contributed by atoms with Crippen molar-refractivity contribution in [2.24, 2.45) is 28.9 Å². The molecule has 0 unspecified atom stereocenters. The van der Waals surface area contributed by atoms with Crippen molar-refractivity contribution in [3.8, 4) is 0 Å². The van der Waals surface area contributed by atoms with Crippen LogP contribution in [0.25, 0.3) is 0 Å². The van der Waals surface area contributed by atoms with Gasteiger partial charge in [-0.25, -0.2) is 0 Å². The Morgan fingerprint density at radius 3 is 2.41 bits per heavy atom. The van der Waals surface area contributed by atoms with Crippen LogP contribution in [0.5, 0.6) is 0 Å². The van der Waals surface area contributed by atoms with E-state index >= 15 is 0 Å². The molecule has 0 aromatic carbocycles. The summed E-state index contributed by atoms with van der Waals surface area (Å²) in [5, 5.41) is 3.07. The minimum Gasteiger partial charge on any atom is -0.467 e. The zero-order valence-electron chi connectivity index (χ0n) is 13.1. The van der Waals surface area contributed by atoms with Crippen molar-refractivity contribution in [2.45, 2.75) is 51.5 Å². The second-order valence-corrected chi connectivity index (χ2v) is 7.93. The highest BCUT2D eigenvalue weighted by Crippen LogP contribution is 2.61. The summed E-state index contributed by atoms with van der Waals surface area (Å²) >= 11 is 0. The maximum absolute atomic E-state index is 12.1. The third-order valence-corrected chi connectivity index (χ3v) is 6.22. The minimum atomic E-state index is -0.0341. The van der Waals surface area contributed by atoms with Gasteiger partial charge in [-0.1, -0.05) is 0 Å². The molecule has 4 saturated carbocycles. The molecule has 4 aliphatic rings. The lowest BCUT2D eigenvalue weighted by Crippen LogP contribution is -2.47. The SMILES string of the molecule is NCc1cc(C(=O)NCCC23CC4CC(CC(C4)C2)C3)co1. The number of hydrogen-bond donors (Lipinski definition) is 2. The molecule has 1 aromatic heterocycles. The fraction of sp³-hybridized carbons (Fsp3) is 0.722. The third-order valence-electron chi connectivity index (χ3n) is 6.22. The number of nitrogens with two attached hydrogens (primary N) is 1. The van der Waals surface area contributed by atoms with Crippen LogP contribution in [-0.2, 0) is 6.54 Å². The van der Waals surface area contributed by atoms with Crippen molar-refractivity contribution in [3.63, 3.8) is 0 Å². The first kappa shape index (κ1) is 14.3. The first-order chi connectivity index (χ1) is 10.7. The molecular weight excluding hydrogens is 276 g/mol. The third kappa shape index (κ3) is 2.58. The van der Waals surface area contributed by atoms with Crippen LogP contribution in [0.2, 0.25) is 0 Å². The fourth-order valence-corrected chi connectivity index (χ4v) is 5.75. The average molecular weight is 302 g/mol. The average Bonchev–Trinajstić information content (AvgIpc) is 2.94. The second-order valence-electron chi connectivity index (χ2n) is 7.93. The maximum Gasteiger partial charge on any atom is 0.254 e. The molecule has 4 heteroatoms. The molecule has 1 aromatic rings. The van der Waals surface area contributed by atoms with Crippen molar-refractivity contribution in [1.29, 1.82) is 0 Å². The van der Waals surface area contributed by atoms with E-state index in [1.165, 1.54) is 44.8 Å². The van der Waals surface area contributed by atoms with Crippen LogP contribution in [0.1, 0.15) is 61.1 Å². The molecule has 0 atom stereocenters. The topological polar surface area (TPSA) is 68.3 Å². The van der Waals surface area contributed by atoms with E-state index in [1.54, 1.807) is 6.07 Å². The molecule has 4 fully saturated rings. The van der Waals surface area contributed by atoms with E-state index in [4.69, 9.17) is 10.2 Å². The van der Waals surface area contributed by atoms with Gasteiger partial charge in [0, 0.05) is 6.54 Å². The van der Waals surface area contributed by atoms with E-state index < -0.39 is 0 Å². The molecule has 0 spiro atoms. The van der Waals surface area contributed by atoms with Crippen LogP contribution < -0.4 is 11.1 Å². The summed E-state index contributed by atoms with van der Waals surface area (Å²) < 4.78 is 5.23. The zero-order chi connectivity index (χ0) is 15.2. The van der Waals surface area contributed by atoms with Crippen LogP contribution in [0.15, 0.2) is 16.7 Å². The Kier molecular flexibility index (Phi) is 3.52. The lowest BCUT2D eigenvalue weighted by atomic mass is 9.49. The van der Waals surface area contributed by atoms with Gasteiger partial charge in [0.2, 0.25) is 0 Å². The first-order valence-corrected chi connectivity index (χ1v) is 8.71. The summed E-state index contributed by atoms with van der Waals surface area (Å²) in [5.74, 6) is 3.55. The molecule has 0 radical (unpaired) electrons. The van der Waals surface area contributed by atoms with Crippen molar-refractivity contribution >= 4 is 5.91 Å². The summed E-state index contributed by atoms with van der Waals surface area (Å²) in [6.45, 7) is 1.12. The first-order valence-electron chi connectivity index (χ1n) is 8.71. The molecule has 120 valence electrons. The number of carbonyl (C=O) groups excluding carboxylic acids is 1. The lowest BCUT2D eigenvalue weighted by molar-refractivity contribution is -0.0564. The molecule has 0 saturated heterocycles. The number of carbonyl (C=O) groups is 1. The van der Waals surface area contributed by atoms with Gasteiger partial charge in [-0.3, -0.25) is 4.79 Å². The Hall–Kier alpha value is -1.29. The van der Waals surface area contributed by atoms with E-state index in [-0.39, 0.29) is 5.91 Å². The monoisotopic (exact) mass is 302 g/mol. The van der Waals surface area contributed by atoms with Gasteiger partial charge in [-0.05, 0) is 74.2 Å². The van der Waals surface area contributed by atoms with E-state index in [2.05, 4.69) is 5.32 Å². The number of amides is 1. The zero-order valence-corrected chi connectivity index (χ0v) is 13.1. The molecule has 3 N–H and O–H groups in total. The van der Waals surface area contributed by atoms with Gasteiger partial charge in [0.15, 0.2) is 0 Å². The molecular formula is C18H26N2O2. The lowest BCUT2D eigenvalue weighted by Gasteiger charge is -2.57. The summed E-state index contributed by atoms with van der Waals surface area (Å²) in [4.78, 5) is 12.1. The van der Waals surface area contributed by atoms with E-state index in [9.17, 15) is 4.79 Å². The van der Waals surface area contributed by atoms with E-state index in [0.717, 1.165) is 30.7 Å². The van der Waals surface area contributed by atoms with Crippen LogP contribution in [-0.4, -0.2) is 12.5 Å². The van der Waals surface area contributed by atoms with Gasteiger partial charge in [0.25, 0.3) is 5.91 Å². The highest BCUT2D eigenvalue weighted by molar-refractivity contribution is 5.93. The predicted octanol–water partition coefficient (Wildman–Crippen LogP) is 3.07. The Balaban J connectivity index is 1.32. The highest BCUT2D eigenvalue weighted by Gasteiger charge is 2.50. The number of furan rings is 1. The van der Waals surface area contributed by atoms with Crippen molar-refractivity contribution in [3.05, 3.63) is 23.7 Å². The quantitative estimate of drug-likeness (QED) is 0.878. The van der Waals surface area contributed by atoms with E-state index in [0.29, 0.717) is 23.3 Å². The van der Waals surface area contributed by atoms with Gasteiger partial charge in [0.05, 0.1) is 12.1 Å². The van der Waals surface area contributed by atoms with Crippen LogP contribution in [0, 0.1) is 23.2 Å². The van der Waals surface area contributed by atoms with Gasteiger partial charge in [0.1, 0.15) is 12.0 Å². The Morgan fingerprint density at radius 1 is 1.23 bits per heavy atom. The predicted molar refractivity (Wildman–Crippen MR) is 84.2 cm³/mol. The highest BCUT2D eigenvalue weighted by atomic mass is 16.3. The van der Waals surface area contributed by atoms with Gasteiger partial charge in [-0.2, -0.15) is 0 Å². The van der Waals surface area contributed by atoms with Gasteiger partial charge >= 0.3 is 0 Å². The Labute approximate surface area is 131 Å². The molecule has 22 heavy (non-hydrogen) atoms. The van der Waals surface area contributed by atoms with Gasteiger partial charge in [-0.15, -0.1) is 0 Å². The van der Waals surface area contributed by atoms with Gasteiger partial charge < -0.3 is 15.5 Å². The standard InChI is InChI=1S/C18H26N2O2/c19-10-16-6-15(11-22-16)17(21)20-2-1-18-7-12-3-13(8-18)5-14(4-12)9-18/h6,11-14H,1-5,7-10,19H2,(H,20,21). The number of rotatable bonds is 5. The number of nitrogens with one attached hydrogen (secondary N) is 1. The van der Waals surface area contributed by atoms with Crippen molar-refractivity contribution in [1.82, 2.24) is 5.32 Å². The van der Waals surface area contributed by atoms with Crippen molar-refractivity contribution < 1.29 is 9.21 Å². The molecule has 5 rings (SSSR count). The minimum absolute atomic E-state index is 0.0341. The summed E-state index contributed by atoms with van der Waals surface area (Å²) in [6, 6.07) is 1.74. The van der Waals surface area contributed by atoms with Crippen molar-refractivity contribution in [2.75, 3.05) is 6.54 Å². The summed E-state index contributed by atoms with van der Waals surface area (Å²) in [5.41, 5.74) is 6.62. The maximum atomic E-state index is 12.1. The van der Waals surface area contributed by atoms with Crippen LogP contribution >= 0.6 is 0 Å². The Bertz CT molecular complexity index is 528. The molecule has 0 aliphatic heterocycles. The van der Waals surface area contributed by atoms with Crippen LogP contribution in [0.3, 0.4) is 0 Å². The van der Waals surface area contributed by atoms with E-state index in [1.807, 2.05) is 0 Å². The smallest absolute Gasteiger partial charge is 0.254 e. The van der Waals surface area contributed by atoms with Crippen LogP contribution in [0.4, 0.5) is 0 Å². The normalized spacial score (nSPS) is 35.8. The molecule has 4 bridgehead atoms. The molecule has 4 nitrogen and oxygen atoms in total. The summed E-state index contributed by atoms with van der Waals surface area (Å²) in [7, 11) is 0. The molecule has 1 amide bonds. The second kappa shape index (κ2) is 5.41. The largest absolute Gasteiger partial charge is 0.467 e. The fourth-order valence-electron chi connectivity index (χ4n) is 5.75. The molecule has 1 heterocycles. The molecule has 4 aliphatic carbocycles. The number of hydrogen-bond acceptors (Lipinski definition) is 3.